The summed E-state index contributed by atoms with van der Waals surface area (Å²) in [5.74, 6) is 0.159. The van der Waals surface area contributed by atoms with Crippen molar-refractivity contribution < 1.29 is 32.5 Å². The van der Waals surface area contributed by atoms with Crippen LogP contribution in [0.3, 0.4) is 0 Å². The zero-order chi connectivity index (χ0) is 55.5. The van der Waals surface area contributed by atoms with Crippen LogP contribution in [0.4, 0.5) is 0 Å². The molecule has 11 heteroatoms. The summed E-state index contributed by atoms with van der Waals surface area (Å²) in [4.78, 5) is 13.1. The van der Waals surface area contributed by atoms with E-state index in [0.717, 1.165) is 63.7 Å². The number of esters is 1. The van der Waals surface area contributed by atoms with Gasteiger partial charge < -0.3 is 27.7 Å². The number of hydrogen-bond donors (Lipinski definition) is 1. The van der Waals surface area contributed by atoms with Crippen molar-refractivity contribution in [3.63, 3.8) is 0 Å². The van der Waals surface area contributed by atoms with Crippen LogP contribution in [0, 0.1) is 11.8 Å². The van der Waals surface area contributed by atoms with Crippen LogP contribution >= 0.6 is 17.6 Å². The number of carbonyl (C=O) groups excluding carboxylic acids is 1. The van der Waals surface area contributed by atoms with Gasteiger partial charge >= 0.3 is 5.97 Å². The Labute approximate surface area is 466 Å². The number of ether oxygens (including phenoxy) is 1. The van der Waals surface area contributed by atoms with Crippen molar-refractivity contribution in [2.24, 2.45) is 11.8 Å². The molecular formula is C65H94O7P2Si2. The first-order valence-corrected chi connectivity index (χ1v) is 33.9. The van der Waals surface area contributed by atoms with Gasteiger partial charge in [-0.3, -0.25) is 0 Å². The molecule has 0 aliphatic carbocycles. The van der Waals surface area contributed by atoms with Gasteiger partial charge in [-0.2, -0.15) is 0 Å². The summed E-state index contributed by atoms with van der Waals surface area (Å²) >= 11 is 0. The number of benzene rings is 5. The van der Waals surface area contributed by atoms with Gasteiger partial charge in [0.1, 0.15) is 6.10 Å². The van der Waals surface area contributed by atoms with Gasteiger partial charge in [-0.15, -0.1) is 0 Å². The minimum atomic E-state index is -2.65. The van der Waals surface area contributed by atoms with E-state index < -0.39 is 22.7 Å². The van der Waals surface area contributed by atoms with E-state index in [9.17, 15) is 9.90 Å². The summed E-state index contributed by atoms with van der Waals surface area (Å²) in [6.45, 7) is 22.5. The Morgan fingerprint density at radius 3 is 1.24 bits per heavy atom. The second-order valence-corrected chi connectivity index (χ2v) is 32.9. The minimum absolute atomic E-state index is 0.0321. The third kappa shape index (κ3) is 19.2. The van der Waals surface area contributed by atoms with E-state index in [1.807, 2.05) is 24.3 Å². The van der Waals surface area contributed by atoms with Crippen LogP contribution in [0.5, 0.6) is 0 Å². The molecule has 8 atom stereocenters. The van der Waals surface area contributed by atoms with Crippen molar-refractivity contribution in [1.82, 2.24) is 0 Å². The molecule has 7 nitrogen and oxygen atoms in total. The van der Waals surface area contributed by atoms with Gasteiger partial charge in [-0.1, -0.05) is 239 Å². The molecule has 0 radical (unpaired) electrons. The lowest BCUT2D eigenvalue weighted by molar-refractivity contribution is 0.0283. The number of aliphatic hydroxyl groups is 1. The van der Waals surface area contributed by atoms with E-state index in [4.69, 9.17) is 22.6 Å². The monoisotopic (exact) mass is 1100 g/mol. The fraction of sp³-hybridized carbons (Fsp3) is 0.462. The molecule has 76 heavy (non-hydrogen) atoms. The molecule has 0 saturated heterocycles. The molecule has 0 heterocycles. The van der Waals surface area contributed by atoms with Gasteiger partial charge in [0, 0.05) is 50.0 Å². The predicted octanol–water partition coefficient (Wildman–Crippen LogP) is 14.5. The maximum absolute atomic E-state index is 13.1. The molecule has 0 amide bonds. The van der Waals surface area contributed by atoms with Crippen LogP contribution in [-0.2, 0) is 22.6 Å². The Morgan fingerprint density at radius 2 is 0.882 bits per heavy atom. The Bertz CT molecular complexity index is 2280. The second-order valence-electron chi connectivity index (χ2n) is 22.1. The van der Waals surface area contributed by atoms with Crippen molar-refractivity contribution >= 4 is 61.0 Å². The number of aliphatic hydroxyl groups excluding tert-OH is 1. The zero-order valence-corrected chi connectivity index (χ0v) is 52.2. The van der Waals surface area contributed by atoms with E-state index in [2.05, 4.69) is 209 Å². The number of hydrogen-bond acceptors (Lipinski definition) is 7. The molecule has 0 bridgehead atoms. The van der Waals surface area contributed by atoms with Gasteiger partial charge in [0.2, 0.25) is 0 Å². The SMILES string of the molecule is CCCC[C@H](CPOC)C(/C=C\C[C@H](C)O[Si](c1ccccc1)(c1ccccc1)C(C)(C)C)OC(=O)c1ccccc1.CCCC[C@H](CPOC)C(O)/C=C\C[C@H](C)O[Si](c1ccccc1)(c1ccccc1)C(C)(C)C. The first-order valence-electron chi connectivity index (χ1n) is 27.9. The lowest BCUT2D eigenvalue weighted by Gasteiger charge is -2.44. The molecule has 0 saturated carbocycles. The van der Waals surface area contributed by atoms with Crippen molar-refractivity contribution in [3.05, 3.63) is 182 Å². The number of carbonyl (C=O) groups is 1. The second kappa shape index (κ2) is 33.5. The van der Waals surface area contributed by atoms with E-state index >= 15 is 0 Å². The summed E-state index contributed by atoms with van der Waals surface area (Å²) in [5.41, 5.74) is 0.572. The highest BCUT2D eigenvalue weighted by Gasteiger charge is 2.52. The Kier molecular flexibility index (Phi) is 28.5. The molecule has 4 unspecified atom stereocenters. The molecule has 0 aromatic heterocycles. The molecule has 0 spiro atoms. The van der Waals surface area contributed by atoms with Crippen molar-refractivity contribution in [3.8, 4) is 0 Å². The first kappa shape index (κ1) is 64.7. The van der Waals surface area contributed by atoms with E-state index in [1.165, 1.54) is 20.7 Å². The summed E-state index contributed by atoms with van der Waals surface area (Å²) in [5, 5.41) is 15.8. The van der Waals surface area contributed by atoms with Gasteiger partial charge in [0.15, 0.2) is 0 Å². The molecule has 5 rings (SSSR count). The normalized spacial score (nSPS) is 15.2. The molecule has 0 aliphatic heterocycles. The first-order chi connectivity index (χ1) is 36.5. The van der Waals surface area contributed by atoms with Gasteiger partial charge in [-0.05, 0) is 107 Å². The molecule has 5 aromatic carbocycles. The Balaban J connectivity index is 0.000000336. The lowest BCUT2D eigenvalue weighted by Crippen LogP contribution is -2.67. The van der Waals surface area contributed by atoms with Crippen LogP contribution in [0.15, 0.2) is 176 Å². The fourth-order valence-electron chi connectivity index (χ4n) is 10.2. The van der Waals surface area contributed by atoms with Crippen molar-refractivity contribution in [1.29, 1.82) is 0 Å². The molecule has 5 aromatic rings. The number of rotatable bonds is 30. The molecule has 414 valence electrons. The maximum atomic E-state index is 13.1. The van der Waals surface area contributed by atoms with E-state index in [1.54, 1.807) is 26.4 Å². The lowest BCUT2D eigenvalue weighted by atomic mass is 9.96. The third-order valence-electron chi connectivity index (χ3n) is 14.2. The highest BCUT2D eigenvalue weighted by molar-refractivity contribution is 7.32. The average Bonchev–Trinajstić information content (AvgIpc) is 3.42. The smallest absolute Gasteiger partial charge is 0.338 e. The van der Waals surface area contributed by atoms with Crippen molar-refractivity contribution in [2.75, 3.05) is 26.5 Å². The summed E-state index contributed by atoms with van der Waals surface area (Å²) in [6.07, 6.45) is 17.3. The Hall–Kier alpha value is -3.86. The summed E-state index contributed by atoms with van der Waals surface area (Å²) in [6, 6.07) is 52.3. The molecule has 0 fully saturated rings. The maximum Gasteiger partial charge on any atom is 0.338 e. The minimum Gasteiger partial charge on any atom is -0.454 e. The average molecular weight is 1110 g/mol. The van der Waals surface area contributed by atoms with E-state index in [0.29, 0.717) is 23.2 Å². The topological polar surface area (TPSA) is 83.5 Å². The van der Waals surface area contributed by atoms with Crippen molar-refractivity contribution in [2.45, 2.75) is 155 Å². The van der Waals surface area contributed by atoms with Gasteiger partial charge in [-0.25, -0.2) is 4.79 Å². The standard InChI is InChI=1S/C36H49O4PSi.C29H45O3PSi/c1-7-8-20-31(28-41-38-6)34(39-35(37)30-21-12-9-13-22-30)27-18-19-29(2)40-42(36(3,4)5,32-23-14-10-15-24-32)33-25-16-11-17-26-33;1-7-8-17-25(23-33-31-6)28(30)22-15-16-24(2)32-34(29(3,4)5,26-18-11-9-12-19-26)27-20-13-10-14-21-27/h9-18,21-27,29,31,34,41H,7-8,19-20,28H2,1-6H3;9-15,18-22,24-25,28,30,33H,7-8,16-17,23H2,1-6H3/b27-18-;22-15-/t29-,31+,34?;24-,25+,28?/m00/s1. The third-order valence-corrected chi connectivity index (χ3v) is 26.5. The number of unbranched alkanes of at least 4 members (excludes halogenated alkanes) is 2. The van der Waals surface area contributed by atoms with Crippen LogP contribution in [0.1, 0.15) is 131 Å². The predicted molar refractivity (Wildman–Crippen MR) is 332 cm³/mol. The molecule has 1 N–H and O–H groups in total. The van der Waals surface area contributed by atoms with E-state index in [-0.39, 0.29) is 46.2 Å². The van der Waals surface area contributed by atoms with Crippen LogP contribution < -0.4 is 20.7 Å². The summed E-state index contributed by atoms with van der Waals surface area (Å²) < 4.78 is 31.3. The van der Waals surface area contributed by atoms with Gasteiger partial charge in [0.25, 0.3) is 16.6 Å². The van der Waals surface area contributed by atoms with Gasteiger partial charge in [0.05, 0.1) is 11.7 Å². The Morgan fingerprint density at radius 1 is 0.539 bits per heavy atom. The molecule has 0 aliphatic rings. The van der Waals surface area contributed by atoms with Crippen LogP contribution in [0.25, 0.3) is 0 Å². The quantitative estimate of drug-likeness (QED) is 0.0212. The molecular weight excluding hydrogens is 1010 g/mol. The highest BCUT2D eigenvalue weighted by Crippen LogP contribution is 2.39. The highest BCUT2D eigenvalue weighted by atomic mass is 31.1. The fourth-order valence-corrected chi connectivity index (χ4v) is 21.3. The van der Waals surface area contributed by atoms with Crippen LogP contribution in [0.2, 0.25) is 10.1 Å². The largest absolute Gasteiger partial charge is 0.454 e. The summed E-state index contributed by atoms with van der Waals surface area (Å²) in [7, 11) is -0.924. The zero-order valence-electron chi connectivity index (χ0n) is 48.2. The van der Waals surface area contributed by atoms with Crippen LogP contribution in [-0.4, -0.2) is 78.7 Å².